The molecule has 2 aliphatic carbocycles. The van der Waals surface area contributed by atoms with Gasteiger partial charge in [-0.15, -0.1) is 0 Å². The number of benzene rings is 7. The Labute approximate surface area is 481 Å². The Hall–Kier alpha value is -5.88. The van der Waals surface area contributed by atoms with E-state index in [-0.39, 0.29) is 21.7 Å². The molecule has 8 heteroatoms. The van der Waals surface area contributed by atoms with Gasteiger partial charge < -0.3 is 9.80 Å². The summed E-state index contributed by atoms with van der Waals surface area (Å²) in [5, 5.41) is 8.06. The van der Waals surface area contributed by atoms with Crippen LogP contribution < -0.4 is 9.80 Å². The van der Waals surface area contributed by atoms with Crippen molar-refractivity contribution in [3.8, 4) is 0 Å². The Balaban J connectivity index is 0.868. The molecule has 13 rings (SSSR count). The highest BCUT2D eigenvalue weighted by molar-refractivity contribution is 6.36. The van der Waals surface area contributed by atoms with Gasteiger partial charge in [0.15, 0.2) is 24.5 Å². The minimum absolute atomic E-state index is 0.125. The van der Waals surface area contributed by atoms with Crippen LogP contribution in [-0.2, 0) is 34.7 Å². The maximum absolute atomic E-state index is 7.11. The van der Waals surface area contributed by atoms with Crippen LogP contribution in [-0.4, -0.2) is 34.7 Å². The third kappa shape index (κ3) is 8.04. The molecule has 394 valence electrons. The average Bonchev–Trinajstić information content (AvgIpc) is 4.12. The lowest BCUT2D eigenvalue weighted by atomic mass is 9.68. The highest BCUT2D eigenvalue weighted by atomic mass is 35.5. The fourth-order valence-electron chi connectivity index (χ4n) is 15.6. The minimum Gasteiger partial charge on any atom is -0.347 e. The molecule has 2 fully saturated rings. The number of anilines is 2. The van der Waals surface area contributed by atoms with E-state index in [4.69, 9.17) is 46.4 Å². The number of fused-ring (bicyclic) bond motifs is 10. The molecule has 0 radical (unpaired) electrons. The first-order valence-corrected chi connectivity index (χ1v) is 29.8. The Bertz CT molecular complexity index is 3590. The van der Waals surface area contributed by atoms with E-state index in [0.29, 0.717) is 10.0 Å². The molecule has 0 saturated heterocycles. The van der Waals surface area contributed by atoms with Gasteiger partial charge in [0.1, 0.15) is 0 Å². The van der Waals surface area contributed by atoms with Crippen LogP contribution in [0.2, 0.25) is 20.1 Å². The van der Waals surface area contributed by atoms with E-state index in [2.05, 4.69) is 206 Å². The molecule has 7 aromatic carbocycles. The number of hydrogen-bond acceptors (Lipinski definition) is 2. The van der Waals surface area contributed by atoms with E-state index in [1.54, 1.807) is 0 Å². The topological polar surface area (TPSA) is 12.5 Å². The standard InChI is InChI=1S/C70H68Cl4N4/c1-67(2)59(23-17-25-61-69(35-13-7-14-36-69)65-53(73)39-49(71)41-57(65)75(61)5)77(55-33-31-47-19-9-11-21-51(47)63(55)67)43-45-27-29-46(30-28-45)44-78-56-34-32-48-20-10-12-22-52(48)64(56)68(3,4)60(78)24-18-26-62-70(37-15-8-16-38-70)66-54(74)40-50(72)42-58(66)76(62)6/h9-12,17-34,39-42H,7-8,13-16,35-38,43-44H2,1-6H3/q+2. The lowest BCUT2D eigenvalue weighted by Crippen LogP contribution is -2.32. The van der Waals surface area contributed by atoms with Crippen molar-refractivity contribution >= 4 is 102 Å². The van der Waals surface area contributed by atoms with Crippen LogP contribution in [0.15, 0.2) is 169 Å². The fraction of sp³-hybridized carbons (Fsp3) is 0.314. The molecule has 4 heterocycles. The molecule has 4 nitrogen and oxygen atoms in total. The maximum atomic E-state index is 7.11. The van der Waals surface area contributed by atoms with Crippen molar-refractivity contribution in [1.29, 1.82) is 0 Å². The predicted octanol–water partition coefficient (Wildman–Crippen LogP) is 19.3. The molecule has 0 atom stereocenters. The summed E-state index contributed by atoms with van der Waals surface area (Å²) in [5.74, 6) is 0. The summed E-state index contributed by atoms with van der Waals surface area (Å²) in [5.41, 5.74) is 17.0. The molecule has 0 aromatic heterocycles. The third-order valence-electron chi connectivity index (χ3n) is 19.1. The molecule has 7 aromatic rings. The highest BCUT2D eigenvalue weighted by Gasteiger charge is 2.51. The van der Waals surface area contributed by atoms with Crippen molar-refractivity contribution in [2.75, 3.05) is 23.9 Å². The van der Waals surface area contributed by atoms with Crippen LogP contribution in [0.1, 0.15) is 125 Å². The molecule has 0 unspecified atom stereocenters. The third-order valence-corrected chi connectivity index (χ3v) is 20.1. The first kappa shape index (κ1) is 51.6. The molecule has 2 saturated carbocycles. The summed E-state index contributed by atoms with van der Waals surface area (Å²) in [7, 11) is 4.37. The quantitative estimate of drug-likeness (QED) is 0.141. The summed E-state index contributed by atoms with van der Waals surface area (Å²) in [4.78, 5) is 4.70. The van der Waals surface area contributed by atoms with Crippen molar-refractivity contribution < 1.29 is 9.15 Å². The second kappa shape index (κ2) is 19.4. The second-order valence-corrected chi connectivity index (χ2v) is 25.8. The van der Waals surface area contributed by atoms with E-state index >= 15 is 0 Å². The lowest BCUT2D eigenvalue weighted by Gasteiger charge is -2.36. The summed E-state index contributed by atoms with van der Waals surface area (Å²) >= 11 is 27.6. The zero-order valence-electron chi connectivity index (χ0n) is 45.8. The van der Waals surface area contributed by atoms with Crippen LogP contribution in [0, 0.1) is 0 Å². The highest BCUT2D eigenvalue weighted by Crippen LogP contribution is 2.59. The zero-order valence-corrected chi connectivity index (χ0v) is 48.8. The molecule has 78 heavy (non-hydrogen) atoms. The molecule has 6 aliphatic rings. The first-order valence-electron chi connectivity index (χ1n) is 28.3. The SMILES string of the molecule is CN1/C(=C/C=C/C2=[N+](Cc3ccc(C[N+]4=C(/C=C/C=C5/N(C)c6cc(Cl)cc(Cl)c6C56CCCCC6)C(C)(C)c5c4ccc4ccccc54)cc3)c3ccc4ccccc4c3C2(C)C)C2(CCCCC2)c2c(Cl)cc(Cl)cc21. The van der Waals surface area contributed by atoms with Gasteiger partial charge in [0.25, 0.3) is 0 Å². The van der Waals surface area contributed by atoms with Gasteiger partial charge in [-0.25, -0.2) is 0 Å². The zero-order chi connectivity index (χ0) is 53.9. The minimum atomic E-state index is -0.264. The summed E-state index contributed by atoms with van der Waals surface area (Å²) < 4.78 is 5.14. The molecule has 0 amide bonds. The van der Waals surface area contributed by atoms with Gasteiger partial charge in [0, 0.05) is 125 Å². The van der Waals surface area contributed by atoms with Crippen LogP contribution in [0.5, 0.6) is 0 Å². The molecule has 2 spiro atoms. The number of allylic oxidation sites excluding steroid dienone is 8. The fourth-order valence-corrected chi connectivity index (χ4v) is 16.9. The number of hydrogen-bond donors (Lipinski definition) is 0. The second-order valence-electron chi connectivity index (χ2n) is 24.2. The normalized spacial score (nSPS) is 20.7. The van der Waals surface area contributed by atoms with Crippen LogP contribution in [0.3, 0.4) is 0 Å². The summed E-state index contributed by atoms with van der Waals surface area (Å²) in [6.07, 6.45) is 25.7. The van der Waals surface area contributed by atoms with Gasteiger partial charge in [0.2, 0.25) is 11.4 Å². The molecule has 4 aliphatic heterocycles. The summed E-state index contributed by atoms with van der Waals surface area (Å²) in [6.45, 7) is 11.1. The lowest BCUT2D eigenvalue weighted by molar-refractivity contribution is -0.455. The maximum Gasteiger partial charge on any atom is 0.210 e. The average molecular weight is 1110 g/mol. The van der Waals surface area contributed by atoms with E-state index in [9.17, 15) is 0 Å². The van der Waals surface area contributed by atoms with Gasteiger partial charge in [-0.1, -0.05) is 170 Å². The van der Waals surface area contributed by atoms with E-state index < -0.39 is 0 Å². The van der Waals surface area contributed by atoms with Crippen molar-refractivity contribution in [2.24, 2.45) is 0 Å². The van der Waals surface area contributed by atoms with Crippen molar-refractivity contribution in [1.82, 2.24) is 0 Å². The molecule has 0 N–H and O–H groups in total. The smallest absolute Gasteiger partial charge is 0.210 e. The first-order chi connectivity index (χ1) is 37.6. The predicted molar refractivity (Wildman–Crippen MR) is 331 cm³/mol. The van der Waals surface area contributed by atoms with E-state index in [0.717, 1.165) is 60.2 Å². The Morgan fingerprint density at radius 1 is 0.462 bits per heavy atom. The monoisotopic (exact) mass is 1100 g/mol. The van der Waals surface area contributed by atoms with Gasteiger partial charge in [-0.2, -0.15) is 9.15 Å². The Kier molecular flexibility index (Phi) is 12.8. The van der Waals surface area contributed by atoms with Gasteiger partial charge in [-0.3, -0.25) is 0 Å². The van der Waals surface area contributed by atoms with Gasteiger partial charge >= 0.3 is 0 Å². The Morgan fingerprint density at radius 2 is 0.846 bits per heavy atom. The molecular formula is C70H68Cl4N4+2. The van der Waals surface area contributed by atoms with Crippen LogP contribution >= 0.6 is 46.4 Å². The van der Waals surface area contributed by atoms with Crippen molar-refractivity contribution in [3.63, 3.8) is 0 Å². The summed E-state index contributed by atoms with van der Waals surface area (Å²) in [6, 6.07) is 44.5. The molecule has 0 bridgehead atoms. The van der Waals surface area contributed by atoms with Crippen LogP contribution in [0.25, 0.3) is 21.5 Å². The van der Waals surface area contributed by atoms with E-state index in [1.807, 2.05) is 12.1 Å². The largest absolute Gasteiger partial charge is 0.347 e. The number of likely N-dealkylation sites (N-methyl/N-ethyl adjacent to an activating group) is 2. The van der Waals surface area contributed by atoms with Crippen molar-refractivity contribution in [2.45, 2.75) is 127 Å². The van der Waals surface area contributed by atoms with Crippen LogP contribution in [0.4, 0.5) is 22.7 Å². The Morgan fingerprint density at radius 3 is 1.24 bits per heavy atom. The van der Waals surface area contributed by atoms with Crippen molar-refractivity contribution in [3.05, 3.63) is 223 Å². The van der Waals surface area contributed by atoms with Gasteiger partial charge in [0.05, 0.1) is 10.8 Å². The number of rotatable bonds is 8. The van der Waals surface area contributed by atoms with E-state index in [1.165, 1.54) is 128 Å². The molecular weight excluding hydrogens is 1040 g/mol. The van der Waals surface area contributed by atoms with Gasteiger partial charge in [-0.05, 0) is 123 Å². The number of nitrogens with zero attached hydrogens (tertiary/aromatic N) is 4. The number of halogens is 4.